The molecule has 0 fully saturated rings. The lowest BCUT2D eigenvalue weighted by molar-refractivity contribution is -0.0542. The first-order chi connectivity index (χ1) is 13.1. The van der Waals surface area contributed by atoms with Crippen molar-refractivity contribution in [2.75, 3.05) is 11.5 Å². The number of aromatic nitrogens is 2. The summed E-state index contributed by atoms with van der Waals surface area (Å²) >= 11 is 3.40. The molecule has 4 nitrogen and oxygen atoms in total. The number of hydrogen-bond donors (Lipinski definition) is 1. The van der Waals surface area contributed by atoms with E-state index in [9.17, 15) is 0 Å². The fourth-order valence-electron chi connectivity index (χ4n) is 3.46. The fraction of sp³-hybridized carbons (Fsp3) is 0.429. The summed E-state index contributed by atoms with van der Waals surface area (Å²) in [4.78, 5) is 11.6. The lowest BCUT2D eigenvalue weighted by Gasteiger charge is -2.33. The standard InChI is InChI=1S/C21H25N3OS2/c1-3-21(2)12-15-16(13-25-21)27-19-17(15)18(22)23-20(24-19)26-11-7-10-14-8-5-4-6-9-14/h4-6,8-9H,3,7,10-13H2,1-2H3,(H2,22,23,24)/t21-/m1/s1. The third-order valence-corrected chi connectivity index (χ3v) is 7.31. The van der Waals surface area contributed by atoms with E-state index in [-0.39, 0.29) is 5.60 Å². The number of nitrogen functional groups attached to an aromatic ring is 1. The van der Waals surface area contributed by atoms with E-state index in [1.54, 1.807) is 23.1 Å². The molecule has 1 aliphatic rings. The number of fused-ring (bicyclic) bond motifs is 3. The van der Waals surface area contributed by atoms with Gasteiger partial charge >= 0.3 is 0 Å². The zero-order valence-electron chi connectivity index (χ0n) is 15.8. The van der Waals surface area contributed by atoms with Crippen LogP contribution in [0.25, 0.3) is 10.2 Å². The molecule has 0 bridgehead atoms. The van der Waals surface area contributed by atoms with Crippen molar-refractivity contribution < 1.29 is 4.74 Å². The van der Waals surface area contributed by atoms with Crippen molar-refractivity contribution in [3.63, 3.8) is 0 Å². The predicted octanol–water partition coefficient (Wildman–Crippen LogP) is 5.24. The van der Waals surface area contributed by atoms with Crippen LogP contribution in [0.3, 0.4) is 0 Å². The summed E-state index contributed by atoms with van der Waals surface area (Å²) in [5.41, 5.74) is 8.91. The Morgan fingerprint density at radius 1 is 1.26 bits per heavy atom. The maximum atomic E-state index is 6.35. The van der Waals surface area contributed by atoms with E-state index in [2.05, 4.69) is 49.2 Å². The van der Waals surface area contributed by atoms with E-state index in [1.165, 1.54) is 16.0 Å². The van der Waals surface area contributed by atoms with Gasteiger partial charge in [0.1, 0.15) is 10.6 Å². The number of rotatable bonds is 6. The van der Waals surface area contributed by atoms with Gasteiger partial charge < -0.3 is 10.5 Å². The van der Waals surface area contributed by atoms with Gasteiger partial charge in [0, 0.05) is 17.1 Å². The molecule has 6 heteroatoms. The zero-order chi connectivity index (χ0) is 18.9. The monoisotopic (exact) mass is 399 g/mol. The van der Waals surface area contributed by atoms with E-state index >= 15 is 0 Å². The second-order valence-corrected chi connectivity index (χ2v) is 9.43. The van der Waals surface area contributed by atoms with Crippen LogP contribution >= 0.6 is 23.1 Å². The molecule has 0 spiro atoms. The number of thioether (sulfide) groups is 1. The van der Waals surface area contributed by atoms with E-state index in [1.807, 2.05) is 0 Å². The van der Waals surface area contributed by atoms with Crippen LogP contribution in [0, 0.1) is 0 Å². The smallest absolute Gasteiger partial charge is 0.190 e. The van der Waals surface area contributed by atoms with Gasteiger partial charge in [-0.3, -0.25) is 0 Å². The predicted molar refractivity (Wildman–Crippen MR) is 115 cm³/mol. The number of nitrogens with two attached hydrogens (primary N) is 1. The van der Waals surface area contributed by atoms with Crippen molar-refractivity contribution in [2.45, 2.75) is 56.9 Å². The van der Waals surface area contributed by atoms with Crippen LogP contribution in [0.1, 0.15) is 42.7 Å². The molecule has 3 heterocycles. The maximum Gasteiger partial charge on any atom is 0.190 e. The van der Waals surface area contributed by atoms with Gasteiger partial charge in [0.25, 0.3) is 0 Å². The van der Waals surface area contributed by atoms with Crippen LogP contribution in [-0.2, 0) is 24.2 Å². The topological polar surface area (TPSA) is 61.0 Å². The quantitative estimate of drug-likeness (QED) is 0.349. The molecule has 0 amide bonds. The number of thiophene rings is 1. The normalized spacial score (nSPS) is 19.3. The summed E-state index contributed by atoms with van der Waals surface area (Å²) in [6, 6.07) is 10.6. The summed E-state index contributed by atoms with van der Waals surface area (Å²) in [5, 5.41) is 1.83. The van der Waals surface area contributed by atoms with Crippen LogP contribution in [0.2, 0.25) is 0 Å². The first-order valence-electron chi connectivity index (χ1n) is 9.46. The highest BCUT2D eigenvalue weighted by atomic mass is 32.2. The molecule has 2 N–H and O–H groups in total. The highest BCUT2D eigenvalue weighted by molar-refractivity contribution is 7.99. The van der Waals surface area contributed by atoms with Crippen LogP contribution in [-0.4, -0.2) is 21.3 Å². The molecular formula is C21H25N3OS2. The Bertz CT molecular complexity index is 941. The molecule has 1 aromatic carbocycles. The summed E-state index contributed by atoms with van der Waals surface area (Å²) in [6.45, 7) is 5.00. The van der Waals surface area contributed by atoms with Crippen molar-refractivity contribution in [2.24, 2.45) is 0 Å². The first-order valence-corrected chi connectivity index (χ1v) is 11.3. The second kappa shape index (κ2) is 7.78. The molecule has 1 atom stereocenters. The Kier molecular flexibility index (Phi) is 5.39. The highest BCUT2D eigenvalue weighted by Crippen LogP contribution is 2.41. The lowest BCUT2D eigenvalue weighted by atomic mass is 9.90. The number of hydrogen-bond acceptors (Lipinski definition) is 6. The van der Waals surface area contributed by atoms with E-state index < -0.39 is 0 Å². The van der Waals surface area contributed by atoms with Crippen LogP contribution < -0.4 is 5.73 Å². The fourth-order valence-corrected chi connectivity index (χ4v) is 5.41. The summed E-state index contributed by atoms with van der Waals surface area (Å²) in [6.07, 6.45) is 4.04. The summed E-state index contributed by atoms with van der Waals surface area (Å²) < 4.78 is 6.08. The molecule has 4 rings (SSSR count). The maximum absolute atomic E-state index is 6.35. The van der Waals surface area contributed by atoms with Crippen molar-refractivity contribution in [1.29, 1.82) is 0 Å². The molecule has 27 heavy (non-hydrogen) atoms. The summed E-state index contributed by atoms with van der Waals surface area (Å²) in [7, 11) is 0. The van der Waals surface area contributed by atoms with Gasteiger partial charge in [-0.15, -0.1) is 11.3 Å². The van der Waals surface area contributed by atoms with Gasteiger partial charge in [-0.25, -0.2) is 9.97 Å². The van der Waals surface area contributed by atoms with Gasteiger partial charge in [-0.1, -0.05) is 49.0 Å². The number of nitrogens with zero attached hydrogens (tertiary/aromatic N) is 2. The van der Waals surface area contributed by atoms with Crippen LogP contribution in [0.4, 0.5) is 5.82 Å². The molecular weight excluding hydrogens is 374 g/mol. The number of benzene rings is 1. The lowest BCUT2D eigenvalue weighted by Crippen LogP contribution is -2.33. The average Bonchev–Trinajstić information content (AvgIpc) is 3.04. The van der Waals surface area contributed by atoms with Gasteiger partial charge in [-0.2, -0.15) is 0 Å². The van der Waals surface area contributed by atoms with Gasteiger partial charge in [-0.05, 0) is 37.3 Å². The Hall–Kier alpha value is -1.63. The molecule has 3 aromatic rings. The van der Waals surface area contributed by atoms with Crippen LogP contribution in [0.5, 0.6) is 0 Å². The molecule has 0 aliphatic carbocycles. The third kappa shape index (κ3) is 3.98. The molecule has 2 aromatic heterocycles. The Balaban J connectivity index is 1.48. The highest BCUT2D eigenvalue weighted by Gasteiger charge is 2.32. The van der Waals surface area contributed by atoms with Crippen molar-refractivity contribution >= 4 is 39.1 Å². The summed E-state index contributed by atoms with van der Waals surface area (Å²) in [5.74, 6) is 1.60. The number of aryl methyl sites for hydroxylation is 1. The molecule has 0 radical (unpaired) electrons. The Morgan fingerprint density at radius 3 is 2.85 bits per heavy atom. The minimum atomic E-state index is -0.113. The minimum Gasteiger partial charge on any atom is -0.383 e. The molecule has 0 saturated heterocycles. The van der Waals surface area contributed by atoms with Crippen LogP contribution in [0.15, 0.2) is 35.5 Å². The van der Waals surface area contributed by atoms with E-state index in [0.29, 0.717) is 12.4 Å². The minimum absolute atomic E-state index is 0.113. The Morgan fingerprint density at radius 2 is 2.07 bits per heavy atom. The molecule has 0 saturated carbocycles. The molecule has 142 valence electrons. The SMILES string of the molecule is CC[C@]1(C)Cc2c(sc3nc(SCCCc4ccccc4)nc(N)c23)CO1. The van der Waals surface area contributed by atoms with E-state index in [4.69, 9.17) is 15.5 Å². The van der Waals surface area contributed by atoms with Crippen molar-refractivity contribution in [1.82, 2.24) is 9.97 Å². The first kappa shape index (κ1) is 18.7. The van der Waals surface area contributed by atoms with E-state index in [0.717, 1.165) is 46.8 Å². The average molecular weight is 400 g/mol. The van der Waals surface area contributed by atoms with Gasteiger partial charge in [0.15, 0.2) is 5.16 Å². The van der Waals surface area contributed by atoms with Gasteiger partial charge in [0.2, 0.25) is 0 Å². The second-order valence-electron chi connectivity index (χ2n) is 7.28. The number of ether oxygens (including phenoxy) is 1. The van der Waals surface area contributed by atoms with Gasteiger partial charge in [0.05, 0.1) is 17.6 Å². The van der Waals surface area contributed by atoms with Crippen molar-refractivity contribution in [3.8, 4) is 0 Å². The number of anilines is 1. The third-order valence-electron chi connectivity index (χ3n) is 5.28. The molecule has 0 unspecified atom stereocenters. The van der Waals surface area contributed by atoms with Crippen molar-refractivity contribution in [3.05, 3.63) is 46.3 Å². The molecule has 1 aliphatic heterocycles. The zero-order valence-corrected chi connectivity index (χ0v) is 17.5. The Labute approximate surface area is 168 Å². The largest absolute Gasteiger partial charge is 0.383 e.